The maximum absolute atomic E-state index is 12.4. The van der Waals surface area contributed by atoms with E-state index in [0.29, 0.717) is 23.1 Å². The van der Waals surface area contributed by atoms with E-state index in [-0.39, 0.29) is 4.90 Å². The number of benzene rings is 2. The van der Waals surface area contributed by atoms with Crippen molar-refractivity contribution < 1.29 is 13.2 Å². The Bertz CT molecular complexity index is 774. The Morgan fingerprint density at radius 2 is 1.95 bits per heavy atom. The monoisotopic (exact) mass is 323 g/mol. The molecule has 6 heteroatoms. The molecule has 0 aliphatic carbocycles. The average molecular weight is 324 g/mol. The first-order valence-corrected chi connectivity index (χ1v) is 8.45. The van der Waals surface area contributed by atoms with Gasteiger partial charge >= 0.3 is 0 Å². The average Bonchev–Trinajstić information content (AvgIpc) is 2.47. The Balaban J connectivity index is 1.96. The summed E-state index contributed by atoms with van der Waals surface area (Å²) in [7, 11) is -3.68. The summed E-state index contributed by atoms with van der Waals surface area (Å²) in [5.41, 5.74) is 1.49. The number of fused-ring (bicyclic) bond motifs is 1. The van der Waals surface area contributed by atoms with E-state index in [9.17, 15) is 8.42 Å². The molecule has 0 atom stereocenters. The van der Waals surface area contributed by atoms with Crippen LogP contribution in [0.3, 0.4) is 0 Å². The molecule has 21 heavy (non-hydrogen) atoms. The van der Waals surface area contributed by atoms with Gasteiger partial charge in [0.25, 0.3) is 10.0 Å². The molecule has 1 N–H and O–H groups in total. The summed E-state index contributed by atoms with van der Waals surface area (Å²) in [6, 6.07) is 11.6. The zero-order valence-corrected chi connectivity index (χ0v) is 12.7. The highest BCUT2D eigenvalue weighted by molar-refractivity contribution is 7.92. The molecule has 2 aromatic carbocycles. The van der Waals surface area contributed by atoms with Gasteiger partial charge in [-0.05, 0) is 42.7 Å². The molecule has 0 unspecified atom stereocenters. The van der Waals surface area contributed by atoms with Gasteiger partial charge in [-0.25, -0.2) is 8.42 Å². The van der Waals surface area contributed by atoms with Crippen LogP contribution in [0.5, 0.6) is 5.75 Å². The highest BCUT2D eigenvalue weighted by atomic mass is 35.5. The van der Waals surface area contributed by atoms with Gasteiger partial charge in [-0.2, -0.15) is 0 Å². The lowest BCUT2D eigenvalue weighted by molar-refractivity contribution is 0.290. The van der Waals surface area contributed by atoms with E-state index in [1.807, 2.05) is 12.1 Å². The number of anilines is 1. The number of hydrogen-bond donors (Lipinski definition) is 1. The van der Waals surface area contributed by atoms with Gasteiger partial charge in [-0.3, -0.25) is 4.72 Å². The van der Waals surface area contributed by atoms with E-state index < -0.39 is 10.0 Å². The molecule has 4 nitrogen and oxygen atoms in total. The first-order valence-electron chi connectivity index (χ1n) is 6.59. The van der Waals surface area contributed by atoms with Gasteiger partial charge in [0, 0.05) is 5.02 Å². The van der Waals surface area contributed by atoms with Gasteiger partial charge in [0.1, 0.15) is 5.75 Å². The van der Waals surface area contributed by atoms with Crippen LogP contribution in [0.1, 0.15) is 12.0 Å². The maximum Gasteiger partial charge on any atom is 0.262 e. The number of halogens is 1. The molecule has 1 heterocycles. The van der Waals surface area contributed by atoms with Crippen LogP contribution in [0.2, 0.25) is 5.02 Å². The van der Waals surface area contributed by atoms with Crippen LogP contribution in [0.15, 0.2) is 47.4 Å². The van der Waals surface area contributed by atoms with Crippen molar-refractivity contribution in [1.82, 2.24) is 0 Å². The van der Waals surface area contributed by atoms with Gasteiger partial charge in [0.2, 0.25) is 0 Å². The van der Waals surface area contributed by atoms with Crippen molar-refractivity contribution >= 4 is 27.3 Å². The molecule has 0 amide bonds. The number of hydrogen-bond acceptors (Lipinski definition) is 3. The lowest BCUT2D eigenvalue weighted by Crippen LogP contribution is -2.16. The minimum Gasteiger partial charge on any atom is -0.491 e. The van der Waals surface area contributed by atoms with Gasteiger partial charge in [-0.15, -0.1) is 0 Å². The maximum atomic E-state index is 12.4. The smallest absolute Gasteiger partial charge is 0.262 e. The quantitative estimate of drug-likeness (QED) is 0.941. The second kappa shape index (κ2) is 5.58. The van der Waals surface area contributed by atoms with Crippen molar-refractivity contribution in [3.63, 3.8) is 0 Å². The number of para-hydroxylation sites is 1. The highest BCUT2D eigenvalue weighted by Crippen LogP contribution is 2.34. The van der Waals surface area contributed by atoms with Crippen molar-refractivity contribution in [1.29, 1.82) is 0 Å². The molecule has 0 aromatic heterocycles. The largest absolute Gasteiger partial charge is 0.491 e. The van der Waals surface area contributed by atoms with E-state index in [0.717, 1.165) is 18.4 Å². The van der Waals surface area contributed by atoms with E-state index in [1.165, 1.54) is 12.1 Å². The first-order chi connectivity index (χ1) is 10.1. The molecule has 110 valence electrons. The summed E-state index contributed by atoms with van der Waals surface area (Å²) in [5, 5.41) is 0.379. The third kappa shape index (κ3) is 2.99. The van der Waals surface area contributed by atoms with Gasteiger partial charge in [-0.1, -0.05) is 29.8 Å². The number of sulfonamides is 1. The zero-order chi connectivity index (χ0) is 14.9. The standard InChI is InChI=1S/C15H14ClNO3S/c16-12-6-2-7-13(10-12)21(18,19)17-14-8-1-4-11-5-3-9-20-15(11)14/h1-2,4,6-8,10,17H,3,5,9H2. The fourth-order valence-electron chi connectivity index (χ4n) is 2.31. The molecule has 3 rings (SSSR count). The van der Waals surface area contributed by atoms with E-state index in [4.69, 9.17) is 16.3 Å². The normalized spacial score (nSPS) is 14.1. The fraction of sp³-hybridized carbons (Fsp3) is 0.200. The fourth-order valence-corrected chi connectivity index (χ4v) is 3.67. The Labute approximate surface area is 128 Å². The molecule has 0 bridgehead atoms. The summed E-state index contributed by atoms with van der Waals surface area (Å²) in [6.45, 7) is 0.600. The van der Waals surface area contributed by atoms with Crippen LogP contribution < -0.4 is 9.46 Å². The number of aryl methyl sites for hydroxylation is 1. The number of rotatable bonds is 3. The van der Waals surface area contributed by atoms with Crippen molar-refractivity contribution in [2.75, 3.05) is 11.3 Å². The second-order valence-corrected chi connectivity index (χ2v) is 6.93. The topological polar surface area (TPSA) is 55.4 Å². The van der Waals surface area contributed by atoms with Gasteiger partial charge < -0.3 is 4.74 Å². The van der Waals surface area contributed by atoms with Gasteiger partial charge in [0.05, 0.1) is 17.2 Å². The molecule has 2 aromatic rings. The minimum atomic E-state index is -3.68. The second-order valence-electron chi connectivity index (χ2n) is 4.81. The summed E-state index contributed by atoms with van der Waals surface area (Å²) >= 11 is 5.85. The lowest BCUT2D eigenvalue weighted by Gasteiger charge is -2.20. The SMILES string of the molecule is O=S(=O)(Nc1cccc2c1OCCC2)c1cccc(Cl)c1. The van der Waals surface area contributed by atoms with Crippen LogP contribution in [0.25, 0.3) is 0 Å². The Kier molecular flexibility index (Phi) is 3.78. The lowest BCUT2D eigenvalue weighted by atomic mass is 10.1. The summed E-state index contributed by atoms with van der Waals surface area (Å²) in [5.74, 6) is 0.620. The zero-order valence-electron chi connectivity index (χ0n) is 11.2. The van der Waals surface area contributed by atoms with Crippen molar-refractivity contribution in [2.45, 2.75) is 17.7 Å². The van der Waals surface area contributed by atoms with Crippen LogP contribution in [0, 0.1) is 0 Å². The van der Waals surface area contributed by atoms with Gasteiger partial charge in [0.15, 0.2) is 0 Å². The number of nitrogens with one attached hydrogen (secondary N) is 1. The van der Waals surface area contributed by atoms with Crippen LogP contribution in [-0.2, 0) is 16.4 Å². The van der Waals surface area contributed by atoms with E-state index in [1.54, 1.807) is 18.2 Å². The van der Waals surface area contributed by atoms with Crippen molar-refractivity contribution in [3.8, 4) is 5.75 Å². The number of ether oxygens (including phenoxy) is 1. The third-order valence-electron chi connectivity index (χ3n) is 3.28. The summed E-state index contributed by atoms with van der Waals surface area (Å²) in [4.78, 5) is 0.128. The Hall–Kier alpha value is -1.72. The van der Waals surface area contributed by atoms with Crippen molar-refractivity contribution in [2.24, 2.45) is 0 Å². The minimum absolute atomic E-state index is 0.128. The Morgan fingerprint density at radius 3 is 2.76 bits per heavy atom. The predicted octanol–water partition coefficient (Wildman–Crippen LogP) is 3.47. The molecule has 1 aliphatic heterocycles. The van der Waals surface area contributed by atoms with Crippen LogP contribution >= 0.6 is 11.6 Å². The molecule has 0 spiro atoms. The molecule has 0 radical (unpaired) electrons. The molecular weight excluding hydrogens is 310 g/mol. The molecule has 0 fully saturated rings. The van der Waals surface area contributed by atoms with E-state index >= 15 is 0 Å². The Morgan fingerprint density at radius 1 is 1.14 bits per heavy atom. The summed E-state index contributed by atoms with van der Waals surface area (Å²) < 4.78 is 33.0. The highest BCUT2D eigenvalue weighted by Gasteiger charge is 2.20. The van der Waals surface area contributed by atoms with Crippen molar-refractivity contribution in [3.05, 3.63) is 53.1 Å². The molecule has 0 saturated carbocycles. The third-order valence-corrected chi connectivity index (χ3v) is 4.88. The predicted molar refractivity (Wildman–Crippen MR) is 82.5 cm³/mol. The van der Waals surface area contributed by atoms with Crippen LogP contribution in [0.4, 0.5) is 5.69 Å². The summed E-state index contributed by atoms with van der Waals surface area (Å²) in [6.07, 6.45) is 1.83. The van der Waals surface area contributed by atoms with Crippen LogP contribution in [-0.4, -0.2) is 15.0 Å². The molecule has 1 aliphatic rings. The first kappa shape index (κ1) is 14.2. The van der Waals surface area contributed by atoms with E-state index in [2.05, 4.69) is 4.72 Å². The molecular formula is C15H14ClNO3S. The molecule has 0 saturated heterocycles.